The summed E-state index contributed by atoms with van der Waals surface area (Å²) >= 11 is 0. The second-order valence-corrected chi connectivity index (χ2v) is 5.77. The molecule has 92 valence electrons. The first-order valence-corrected chi connectivity index (χ1v) is 6.46. The normalized spacial score (nSPS) is 27.1. The van der Waals surface area contributed by atoms with Gasteiger partial charge in [0.05, 0.1) is 18.8 Å². The fraction of sp³-hybridized carbons (Fsp3) is 0.923. The molecule has 16 heavy (non-hydrogen) atoms. The molecular formula is C13H23NO2. The third-order valence-corrected chi connectivity index (χ3v) is 3.69. The maximum Gasteiger partial charge on any atom is 0.149 e. The van der Waals surface area contributed by atoms with Gasteiger partial charge in [-0.05, 0) is 26.7 Å². The molecule has 3 nitrogen and oxygen atoms in total. The molecule has 1 saturated carbocycles. The number of nitrogens with zero attached hydrogens (tertiary/aromatic N) is 1. The fourth-order valence-electron chi connectivity index (χ4n) is 2.85. The Morgan fingerprint density at radius 2 is 2.06 bits per heavy atom. The highest BCUT2D eigenvalue weighted by Gasteiger charge is 2.30. The molecule has 0 unspecified atom stereocenters. The number of carbonyl (C=O) groups excluding carboxylic acids is 1. The monoisotopic (exact) mass is 225 g/mol. The number of ether oxygens (including phenoxy) is 1. The smallest absolute Gasteiger partial charge is 0.149 e. The number of carbonyl (C=O) groups is 1. The molecule has 3 heteroatoms. The Hall–Kier alpha value is -0.410. The molecule has 0 spiro atoms. The van der Waals surface area contributed by atoms with Crippen LogP contribution in [0, 0.1) is 5.92 Å². The third kappa shape index (κ3) is 3.05. The van der Waals surface area contributed by atoms with Crippen molar-refractivity contribution in [3.8, 4) is 0 Å². The zero-order chi connectivity index (χ0) is 11.6. The predicted octanol–water partition coefficient (Wildman–Crippen LogP) is 1.86. The third-order valence-electron chi connectivity index (χ3n) is 3.69. The molecule has 0 aromatic rings. The topological polar surface area (TPSA) is 29.5 Å². The van der Waals surface area contributed by atoms with Crippen LogP contribution in [0.25, 0.3) is 0 Å². The van der Waals surface area contributed by atoms with Gasteiger partial charge in [0.1, 0.15) is 5.78 Å². The highest BCUT2D eigenvalue weighted by Crippen LogP contribution is 2.26. The second-order valence-electron chi connectivity index (χ2n) is 5.77. The van der Waals surface area contributed by atoms with Gasteiger partial charge in [-0.1, -0.05) is 12.8 Å². The number of morpholine rings is 1. The Balaban J connectivity index is 1.82. The maximum absolute atomic E-state index is 12.0. The van der Waals surface area contributed by atoms with Gasteiger partial charge in [0.2, 0.25) is 0 Å². The number of Topliss-reactive ketones (excluding diaryl/α,β-unsaturated/α-hetero) is 1. The van der Waals surface area contributed by atoms with Crippen LogP contribution in [-0.2, 0) is 9.53 Å². The summed E-state index contributed by atoms with van der Waals surface area (Å²) in [5.74, 6) is 0.807. The van der Waals surface area contributed by atoms with Crippen molar-refractivity contribution in [2.24, 2.45) is 5.92 Å². The molecule has 1 aliphatic carbocycles. The standard InChI is InChI=1S/C13H23NO2/c1-13(2)10-14(7-8-16-13)9-12(15)11-5-3-4-6-11/h11H,3-10H2,1-2H3. The molecule has 0 radical (unpaired) electrons. The number of rotatable bonds is 3. The summed E-state index contributed by atoms with van der Waals surface area (Å²) in [6.45, 7) is 7.37. The Morgan fingerprint density at radius 3 is 2.69 bits per heavy atom. The Morgan fingerprint density at radius 1 is 1.38 bits per heavy atom. The van der Waals surface area contributed by atoms with Crippen molar-refractivity contribution in [3.63, 3.8) is 0 Å². The van der Waals surface area contributed by atoms with Gasteiger partial charge in [-0.15, -0.1) is 0 Å². The summed E-state index contributed by atoms with van der Waals surface area (Å²) in [5.41, 5.74) is -0.0891. The van der Waals surface area contributed by atoms with Gasteiger partial charge in [0, 0.05) is 19.0 Å². The molecule has 0 bridgehead atoms. The van der Waals surface area contributed by atoms with Crippen molar-refractivity contribution in [1.29, 1.82) is 0 Å². The van der Waals surface area contributed by atoms with Crippen LogP contribution in [0.4, 0.5) is 0 Å². The van der Waals surface area contributed by atoms with Gasteiger partial charge in [-0.3, -0.25) is 9.69 Å². The first-order chi connectivity index (χ1) is 7.57. The van der Waals surface area contributed by atoms with Crippen molar-refractivity contribution in [2.45, 2.75) is 45.1 Å². The molecule has 0 amide bonds. The van der Waals surface area contributed by atoms with Gasteiger partial charge in [-0.25, -0.2) is 0 Å². The fourth-order valence-corrected chi connectivity index (χ4v) is 2.85. The SMILES string of the molecule is CC1(C)CN(CC(=O)C2CCCC2)CCO1. The predicted molar refractivity (Wildman–Crippen MR) is 63.4 cm³/mol. The zero-order valence-electron chi connectivity index (χ0n) is 10.5. The second kappa shape index (κ2) is 4.84. The minimum Gasteiger partial charge on any atom is -0.373 e. The van der Waals surface area contributed by atoms with E-state index in [0.29, 0.717) is 18.2 Å². The van der Waals surface area contributed by atoms with Crippen LogP contribution < -0.4 is 0 Å². The van der Waals surface area contributed by atoms with Crippen LogP contribution in [0.2, 0.25) is 0 Å². The van der Waals surface area contributed by atoms with E-state index >= 15 is 0 Å². The van der Waals surface area contributed by atoms with E-state index in [1.54, 1.807) is 0 Å². The average Bonchev–Trinajstić information content (AvgIpc) is 2.68. The summed E-state index contributed by atoms with van der Waals surface area (Å²) < 4.78 is 5.65. The number of hydrogen-bond donors (Lipinski definition) is 0. The van der Waals surface area contributed by atoms with Gasteiger partial charge in [0.15, 0.2) is 0 Å². The van der Waals surface area contributed by atoms with Crippen molar-refractivity contribution >= 4 is 5.78 Å². The zero-order valence-corrected chi connectivity index (χ0v) is 10.5. The summed E-state index contributed by atoms with van der Waals surface area (Å²) in [6, 6.07) is 0. The lowest BCUT2D eigenvalue weighted by atomic mass is 10.0. The molecule has 0 aromatic heterocycles. The largest absolute Gasteiger partial charge is 0.373 e. The van der Waals surface area contributed by atoms with Gasteiger partial charge < -0.3 is 4.74 Å². The molecule has 0 atom stereocenters. The van der Waals surface area contributed by atoms with Crippen molar-refractivity contribution in [3.05, 3.63) is 0 Å². The molecule has 0 aromatic carbocycles. The lowest BCUT2D eigenvalue weighted by Crippen LogP contribution is -2.50. The Kier molecular flexibility index (Phi) is 3.65. The molecule has 1 saturated heterocycles. The van der Waals surface area contributed by atoms with E-state index in [1.807, 2.05) is 0 Å². The van der Waals surface area contributed by atoms with Gasteiger partial charge >= 0.3 is 0 Å². The lowest BCUT2D eigenvalue weighted by molar-refractivity contribution is -0.128. The molecule has 1 heterocycles. The Labute approximate surface area is 98.1 Å². The van der Waals surface area contributed by atoms with E-state index < -0.39 is 0 Å². The van der Waals surface area contributed by atoms with Crippen molar-refractivity contribution in [1.82, 2.24) is 4.90 Å². The molecule has 0 N–H and O–H groups in total. The minimum absolute atomic E-state index is 0.0891. The first kappa shape index (κ1) is 12.1. The van der Waals surface area contributed by atoms with Crippen LogP contribution >= 0.6 is 0 Å². The van der Waals surface area contributed by atoms with Gasteiger partial charge in [-0.2, -0.15) is 0 Å². The minimum atomic E-state index is -0.0891. The van der Waals surface area contributed by atoms with Crippen LogP contribution in [0.15, 0.2) is 0 Å². The highest BCUT2D eigenvalue weighted by molar-refractivity contribution is 5.83. The molecular weight excluding hydrogens is 202 g/mol. The first-order valence-electron chi connectivity index (χ1n) is 6.46. The van der Waals surface area contributed by atoms with Crippen LogP contribution in [-0.4, -0.2) is 42.5 Å². The van der Waals surface area contributed by atoms with E-state index in [2.05, 4.69) is 18.7 Å². The van der Waals surface area contributed by atoms with Crippen LogP contribution in [0.1, 0.15) is 39.5 Å². The summed E-state index contributed by atoms with van der Waals surface area (Å²) in [7, 11) is 0. The van der Waals surface area contributed by atoms with E-state index in [4.69, 9.17) is 4.74 Å². The summed E-state index contributed by atoms with van der Waals surface area (Å²) in [4.78, 5) is 14.3. The summed E-state index contributed by atoms with van der Waals surface area (Å²) in [5, 5.41) is 0. The quantitative estimate of drug-likeness (QED) is 0.734. The molecule has 1 aliphatic heterocycles. The van der Waals surface area contributed by atoms with Crippen LogP contribution in [0.5, 0.6) is 0 Å². The van der Waals surface area contributed by atoms with Crippen molar-refractivity contribution in [2.75, 3.05) is 26.2 Å². The average molecular weight is 225 g/mol. The van der Waals surface area contributed by atoms with E-state index in [-0.39, 0.29) is 5.60 Å². The highest BCUT2D eigenvalue weighted by atomic mass is 16.5. The molecule has 2 aliphatic rings. The van der Waals surface area contributed by atoms with Gasteiger partial charge in [0.25, 0.3) is 0 Å². The molecule has 2 rings (SSSR count). The van der Waals surface area contributed by atoms with E-state index in [1.165, 1.54) is 12.8 Å². The van der Waals surface area contributed by atoms with E-state index in [9.17, 15) is 4.79 Å². The Bertz CT molecular complexity index is 257. The maximum atomic E-state index is 12.0. The lowest BCUT2D eigenvalue weighted by Gasteiger charge is -2.38. The number of ketones is 1. The van der Waals surface area contributed by atoms with Crippen molar-refractivity contribution < 1.29 is 9.53 Å². The summed E-state index contributed by atoms with van der Waals surface area (Å²) in [6.07, 6.45) is 4.72. The van der Waals surface area contributed by atoms with E-state index in [0.717, 1.165) is 32.5 Å². The number of hydrogen-bond acceptors (Lipinski definition) is 3. The molecule has 2 fully saturated rings. The van der Waals surface area contributed by atoms with Crippen LogP contribution in [0.3, 0.4) is 0 Å².